The standard InChI is InChI=1S/C35H52N6O4/c1-2-3-4-5-6-7-8-9-10-11-12-13-14-15-16-17-18-25-32(43)38-27-28-39-34(45)30(23-21-26-40-35(36)37)41-33(44)29-22-19-20-24-31(29)42/h3-4,6-7,9-10,12-13,15-16,19-20,22,24,30,42H,2,5,8,11,14,17-18,21,23,25-28H2,1H3,(H,38,43)(H,39,45)(H,41,44)(H4,36,37,40)/b4-3-,7-6-,10-9-,13-12-,16-15-/t30-/m0/s1. The first-order valence-electron chi connectivity index (χ1n) is 15.8. The minimum absolute atomic E-state index is 0.0639. The molecule has 0 aliphatic rings. The molecule has 0 aliphatic carbocycles. The molecule has 45 heavy (non-hydrogen) atoms. The molecule has 0 saturated carbocycles. The van der Waals surface area contributed by atoms with Gasteiger partial charge in [-0.05, 0) is 69.9 Å². The molecule has 0 spiro atoms. The molecule has 0 saturated heterocycles. The molecule has 3 amide bonds. The summed E-state index contributed by atoms with van der Waals surface area (Å²) in [6.07, 6.45) is 29.1. The van der Waals surface area contributed by atoms with Crippen molar-refractivity contribution in [1.29, 1.82) is 5.41 Å². The molecular formula is C35H52N6O4. The van der Waals surface area contributed by atoms with E-state index in [0.29, 0.717) is 19.4 Å². The summed E-state index contributed by atoms with van der Waals surface area (Å²) in [5.74, 6) is -1.43. The number of rotatable bonds is 23. The molecule has 1 aromatic carbocycles. The Kier molecular flexibility index (Phi) is 22.1. The van der Waals surface area contributed by atoms with Crippen LogP contribution >= 0.6 is 0 Å². The molecule has 246 valence electrons. The molecule has 10 nitrogen and oxygen atoms in total. The SMILES string of the molecule is CC/C=C\C/C=C\C/C=C\C/C=C\C/C=C\CCCC(=O)NCCNC(=O)[C@H](CCCNC(=N)N)NC(=O)c1ccccc1O. The van der Waals surface area contributed by atoms with Crippen molar-refractivity contribution in [3.05, 3.63) is 90.6 Å². The summed E-state index contributed by atoms with van der Waals surface area (Å²) in [5, 5.41) is 28.1. The molecule has 0 unspecified atom stereocenters. The maximum Gasteiger partial charge on any atom is 0.255 e. The molecule has 1 aromatic rings. The lowest BCUT2D eigenvalue weighted by Crippen LogP contribution is -2.48. The van der Waals surface area contributed by atoms with Crippen molar-refractivity contribution in [2.24, 2.45) is 5.73 Å². The average molecular weight is 621 g/mol. The van der Waals surface area contributed by atoms with Crippen molar-refractivity contribution in [2.75, 3.05) is 19.6 Å². The highest BCUT2D eigenvalue weighted by atomic mass is 16.3. The van der Waals surface area contributed by atoms with Crippen LogP contribution in [0.1, 0.15) is 81.5 Å². The van der Waals surface area contributed by atoms with Gasteiger partial charge in [-0.3, -0.25) is 19.8 Å². The van der Waals surface area contributed by atoms with Gasteiger partial charge < -0.3 is 32.1 Å². The minimum atomic E-state index is -0.870. The topological polar surface area (TPSA) is 169 Å². The second kappa shape index (κ2) is 25.9. The summed E-state index contributed by atoms with van der Waals surface area (Å²) >= 11 is 0. The van der Waals surface area contributed by atoms with Gasteiger partial charge in [-0.2, -0.15) is 0 Å². The summed E-state index contributed by atoms with van der Waals surface area (Å²) in [6.45, 7) is 2.96. The van der Waals surface area contributed by atoms with Crippen LogP contribution in [0.5, 0.6) is 5.75 Å². The van der Waals surface area contributed by atoms with Crippen molar-refractivity contribution in [3.63, 3.8) is 0 Å². The van der Waals surface area contributed by atoms with Gasteiger partial charge in [0.25, 0.3) is 5.91 Å². The number of allylic oxidation sites excluding steroid dienone is 10. The molecule has 0 aromatic heterocycles. The Labute approximate surface area is 268 Å². The molecule has 0 heterocycles. The summed E-state index contributed by atoms with van der Waals surface area (Å²) in [7, 11) is 0. The Hall–Kier alpha value is -4.60. The summed E-state index contributed by atoms with van der Waals surface area (Å²) in [4.78, 5) is 37.6. The zero-order chi connectivity index (χ0) is 33.0. The van der Waals surface area contributed by atoms with Gasteiger partial charge in [0.05, 0.1) is 5.56 Å². The second-order valence-electron chi connectivity index (χ2n) is 10.3. The van der Waals surface area contributed by atoms with Gasteiger partial charge in [-0.1, -0.05) is 79.8 Å². The van der Waals surface area contributed by atoms with E-state index in [2.05, 4.69) is 89.0 Å². The number of benzene rings is 1. The van der Waals surface area contributed by atoms with Crippen molar-refractivity contribution in [2.45, 2.75) is 77.2 Å². The highest BCUT2D eigenvalue weighted by molar-refractivity contribution is 5.99. The van der Waals surface area contributed by atoms with Crippen LogP contribution < -0.4 is 27.0 Å². The number of para-hydroxylation sites is 1. The number of amides is 3. The van der Waals surface area contributed by atoms with Crippen LogP contribution in [0.25, 0.3) is 0 Å². The summed E-state index contributed by atoms with van der Waals surface area (Å²) in [6, 6.07) is 5.21. The molecule has 8 N–H and O–H groups in total. The number of nitrogens with two attached hydrogens (primary N) is 1. The molecule has 0 aliphatic heterocycles. The zero-order valence-corrected chi connectivity index (χ0v) is 26.6. The molecule has 1 rings (SSSR count). The second-order valence-corrected chi connectivity index (χ2v) is 10.3. The van der Waals surface area contributed by atoms with Gasteiger partial charge in [0.15, 0.2) is 5.96 Å². The maximum atomic E-state index is 12.8. The van der Waals surface area contributed by atoms with Crippen LogP contribution in [0.3, 0.4) is 0 Å². The highest BCUT2D eigenvalue weighted by Crippen LogP contribution is 2.15. The van der Waals surface area contributed by atoms with Gasteiger partial charge in [0.1, 0.15) is 11.8 Å². The van der Waals surface area contributed by atoms with E-state index in [9.17, 15) is 19.5 Å². The number of guanidine groups is 1. The highest BCUT2D eigenvalue weighted by Gasteiger charge is 2.22. The molecule has 0 fully saturated rings. The van der Waals surface area contributed by atoms with Gasteiger partial charge in [-0.25, -0.2) is 0 Å². The Bertz CT molecular complexity index is 1170. The van der Waals surface area contributed by atoms with Crippen LogP contribution in [0.2, 0.25) is 0 Å². The van der Waals surface area contributed by atoms with Crippen LogP contribution in [0.15, 0.2) is 85.0 Å². The van der Waals surface area contributed by atoms with Gasteiger partial charge in [0.2, 0.25) is 11.8 Å². The Morgan fingerprint density at radius 2 is 1.38 bits per heavy atom. The summed E-state index contributed by atoms with van der Waals surface area (Å²) < 4.78 is 0. The number of phenols is 1. The predicted molar refractivity (Wildman–Crippen MR) is 183 cm³/mol. The third-order valence-corrected chi connectivity index (χ3v) is 6.43. The fourth-order valence-electron chi connectivity index (χ4n) is 4.05. The Morgan fingerprint density at radius 3 is 1.98 bits per heavy atom. The number of hydrogen-bond donors (Lipinski definition) is 7. The number of aromatic hydroxyl groups is 1. The fraction of sp³-hybridized carbons (Fsp3) is 0.429. The zero-order valence-electron chi connectivity index (χ0n) is 26.6. The van der Waals surface area contributed by atoms with Gasteiger partial charge >= 0.3 is 0 Å². The Balaban J connectivity index is 2.25. The van der Waals surface area contributed by atoms with Crippen LogP contribution in [-0.2, 0) is 9.59 Å². The van der Waals surface area contributed by atoms with Crippen LogP contribution in [0, 0.1) is 5.41 Å². The lowest BCUT2D eigenvalue weighted by Gasteiger charge is -2.19. The van der Waals surface area contributed by atoms with Crippen molar-refractivity contribution < 1.29 is 19.5 Å². The average Bonchev–Trinajstić information content (AvgIpc) is 3.02. The first-order valence-corrected chi connectivity index (χ1v) is 15.8. The van der Waals surface area contributed by atoms with Crippen molar-refractivity contribution in [1.82, 2.24) is 21.3 Å². The smallest absolute Gasteiger partial charge is 0.255 e. The van der Waals surface area contributed by atoms with E-state index in [1.807, 2.05) is 0 Å². The van der Waals surface area contributed by atoms with E-state index in [0.717, 1.165) is 44.9 Å². The van der Waals surface area contributed by atoms with Crippen LogP contribution in [-0.4, -0.2) is 54.5 Å². The third-order valence-electron chi connectivity index (χ3n) is 6.43. The first kappa shape index (κ1) is 38.4. The molecular weight excluding hydrogens is 568 g/mol. The number of carbonyl (C=O) groups is 3. The minimum Gasteiger partial charge on any atom is -0.507 e. The van der Waals surface area contributed by atoms with E-state index >= 15 is 0 Å². The molecule has 1 atom stereocenters. The molecule has 10 heteroatoms. The first-order chi connectivity index (χ1) is 21.8. The quantitative estimate of drug-likeness (QED) is 0.0397. The number of carbonyl (C=O) groups excluding carboxylic acids is 3. The lowest BCUT2D eigenvalue weighted by molar-refractivity contribution is -0.124. The predicted octanol–water partition coefficient (Wildman–Crippen LogP) is 4.91. The van der Waals surface area contributed by atoms with Crippen molar-refractivity contribution in [3.8, 4) is 5.75 Å². The van der Waals surface area contributed by atoms with Crippen LogP contribution in [0.4, 0.5) is 0 Å². The van der Waals surface area contributed by atoms with Gasteiger partial charge in [0, 0.05) is 26.1 Å². The van der Waals surface area contributed by atoms with E-state index in [1.54, 1.807) is 12.1 Å². The van der Waals surface area contributed by atoms with E-state index in [4.69, 9.17) is 11.1 Å². The van der Waals surface area contributed by atoms with Gasteiger partial charge in [-0.15, -0.1) is 0 Å². The monoisotopic (exact) mass is 620 g/mol. The summed E-state index contributed by atoms with van der Waals surface area (Å²) in [5.41, 5.74) is 5.36. The maximum absolute atomic E-state index is 12.8. The van der Waals surface area contributed by atoms with Crippen molar-refractivity contribution >= 4 is 23.7 Å². The molecule has 0 radical (unpaired) electrons. The third kappa shape index (κ3) is 20.9. The normalized spacial score (nSPS) is 12.4. The van der Waals surface area contributed by atoms with E-state index in [-0.39, 0.29) is 42.7 Å². The Morgan fingerprint density at radius 1 is 0.800 bits per heavy atom. The fourth-order valence-corrected chi connectivity index (χ4v) is 4.05. The lowest BCUT2D eigenvalue weighted by atomic mass is 10.1. The van der Waals surface area contributed by atoms with E-state index < -0.39 is 17.9 Å². The molecule has 0 bridgehead atoms. The van der Waals surface area contributed by atoms with E-state index in [1.165, 1.54) is 12.1 Å². The largest absolute Gasteiger partial charge is 0.507 e. The number of unbranched alkanes of at least 4 members (excludes halogenated alkanes) is 1. The number of phenolic OH excluding ortho intramolecular Hbond substituents is 1. The number of hydrogen-bond acceptors (Lipinski definition) is 5. The number of nitrogens with one attached hydrogen (secondary N) is 5.